The fraction of sp³-hybridized carbons (Fsp3) is 0.0909. The van der Waals surface area contributed by atoms with Crippen molar-refractivity contribution in [2.24, 2.45) is 5.73 Å². The molecule has 0 unspecified atom stereocenters. The standard InChI is InChI=1S/C11H10FN3O2/c1-14-8-4-6(12)2-5-3-7(10(13)16)11(17)15-9(5)8/h2-4,14H,1H3,(H2,13,16)(H,15,17). The number of aromatic amines is 1. The summed E-state index contributed by atoms with van der Waals surface area (Å²) in [6, 6.07) is 3.75. The van der Waals surface area contributed by atoms with E-state index in [9.17, 15) is 14.0 Å². The van der Waals surface area contributed by atoms with Crippen LogP contribution in [0.3, 0.4) is 0 Å². The third-order valence-electron chi connectivity index (χ3n) is 2.45. The van der Waals surface area contributed by atoms with Gasteiger partial charge in [-0.2, -0.15) is 0 Å². The second-order valence-electron chi connectivity index (χ2n) is 3.54. The highest BCUT2D eigenvalue weighted by molar-refractivity contribution is 5.98. The minimum atomic E-state index is -0.844. The number of carbonyl (C=O) groups excluding carboxylic acids is 1. The Morgan fingerprint density at radius 2 is 2.12 bits per heavy atom. The number of halogens is 1. The summed E-state index contributed by atoms with van der Waals surface area (Å²) < 4.78 is 13.3. The molecule has 1 heterocycles. The molecule has 1 amide bonds. The van der Waals surface area contributed by atoms with Gasteiger partial charge in [0.2, 0.25) is 0 Å². The van der Waals surface area contributed by atoms with Crippen LogP contribution < -0.4 is 16.6 Å². The number of nitrogens with one attached hydrogen (secondary N) is 2. The van der Waals surface area contributed by atoms with Gasteiger partial charge in [-0.25, -0.2) is 4.39 Å². The van der Waals surface area contributed by atoms with E-state index in [0.29, 0.717) is 16.6 Å². The highest BCUT2D eigenvalue weighted by Gasteiger charge is 2.11. The summed E-state index contributed by atoms with van der Waals surface area (Å²) in [5.41, 5.74) is 5.14. The van der Waals surface area contributed by atoms with Gasteiger partial charge in [-0.05, 0) is 18.2 Å². The van der Waals surface area contributed by atoms with E-state index in [-0.39, 0.29) is 5.56 Å². The Labute approximate surface area is 95.4 Å². The number of H-pyrrole nitrogens is 1. The molecule has 0 spiro atoms. The molecule has 0 fully saturated rings. The van der Waals surface area contributed by atoms with Crippen LogP contribution >= 0.6 is 0 Å². The first-order valence-corrected chi connectivity index (χ1v) is 4.87. The largest absolute Gasteiger partial charge is 0.386 e. The number of carbonyl (C=O) groups is 1. The molecule has 0 radical (unpaired) electrons. The highest BCUT2D eigenvalue weighted by Crippen LogP contribution is 2.22. The zero-order valence-corrected chi connectivity index (χ0v) is 9.00. The molecule has 0 saturated carbocycles. The molecule has 0 atom stereocenters. The highest BCUT2D eigenvalue weighted by atomic mass is 19.1. The number of anilines is 1. The Hall–Kier alpha value is -2.37. The fourth-order valence-electron chi connectivity index (χ4n) is 1.66. The number of amides is 1. The van der Waals surface area contributed by atoms with E-state index in [1.165, 1.54) is 18.2 Å². The molecule has 4 N–H and O–H groups in total. The van der Waals surface area contributed by atoms with Crippen molar-refractivity contribution in [3.05, 3.63) is 39.9 Å². The summed E-state index contributed by atoms with van der Waals surface area (Å²) in [6.45, 7) is 0. The van der Waals surface area contributed by atoms with Gasteiger partial charge in [0.05, 0.1) is 11.2 Å². The van der Waals surface area contributed by atoms with Gasteiger partial charge in [0.1, 0.15) is 11.4 Å². The predicted molar refractivity (Wildman–Crippen MR) is 62.6 cm³/mol. The molecule has 5 nitrogen and oxygen atoms in total. The average Bonchev–Trinajstić information content (AvgIpc) is 2.27. The van der Waals surface area contributed by atoms with Gasteiger partial charge in [0.15, 0.2) is 0 Å². The van der Waals surface area contributed by atoms with Crippen molar-refractivity contribution >= 4 is 22.5 Å². The molecule has 1 aromatic carbocycles. The van der Waals surface area contributed by atoms with Crippen LogP contribution in [0, 0.1) is 5.82 Å². The summed E-state index contributed by atoms with van der Waals surface area (Å²) in [4.78, 5) is 25.0. The summed E-state index contributed by atoms with van der Waals surface area (Å²) in [5.74, 6) is -1.31. The van der Waals surface area contributed by atoms with Crippen LogP contribution in [0.2, 0.25) is 0 Å². The maximum absolute atomic E-state index is 13.3. The van der Waals surface area contributed by atoms with E-state index < -0.39 is 17.3 Å². The van der Waals surface area contributed by atoms with Gasteiger partial charge < -0.3 is 16.0 Å². The van der Waals surface area contributed by atoms with E-state index >= 15 is 0 Å². The summed E-state index contributed by atoms with van der Waals surface area (Å²) in [6.07, 6.45) is 0. The van der Waals surface area contributed by atoms with Crippen molar-refractivity contribution in [3.63, 3.8) is 0 Å². The number of pyridine rings is 1. The summed E-state index contributed by atoms with van der Waals surface area (Å²) in [7, 11) is 1.61. The van der Waals surface area contributed by atoms with E-state index in [1.54, 1.807) is 7.05 Å². The minimum absolute atomic E-state index is 0.190. The third kappa shape index (κ3) is 1.84. The van der Waals surface area contributed by atoms with Crippen LogP contribution in [0.15, 0.2) is 23.0 Å². The first-order chi connectivity index (χ1) is 8.02. The van der Waals surface area contributed by atoms with Crippen molar-refractivity contribution in [3.8, 4) is 0 Å². The molecule has 1 aromatic heterocycles. The second-order valence-corrected chi connectivity index (χ2v) is 3.54. The molecule has 2 aromatic rings. The van der Waals surface area contributed by atoms with Crippen LogP contribution in [0.4, 0.5) is 10.1 Å². The Morgan fingerprint density at radius 1 is 1.41 bits per heavy atom. The van der Waals surface area contributed by atoms with Crippen molar-refractivity contribution in [1.82, 2.24) is 4.98 Å². The van der Waals surface area contributed by atoms with Crippen molar-refractivity contribution in [1.29, 1.82) is 0 Å². The Balaban J connectivity index is 2.87. The van der Waals surface area contributed by atoms with E-state index in [2.05, 4.69) is 10.3 Å². The number of rotatable bonds is 2. The van der Waals surface area contributed by atoms with Crippen LogP contribution in [0.5, 0.6) is 0 Å². The monoisotopic (exact) mass is 235 g/mol. The third-order valence-corrected chi connectivity index (χ3v) is 2.45. The number of hydrogen-bond donors (Lipinski definition) is 3. The Kier molecular flexibility index (Phi) is 2.55. The smallest absolute Gasteiger partial charge is 0.261 e. The van der Waals surface area contributed by atoms with E-state index in [1.807, 2.05) is 0 Å². The molecule has 0 aliphatic rings. The zero-order valence-electron chi connectivity index (χ0n) is 9.00. The maximum Gasteiger partial charge on any atom is 0.261 e. The number of fused-ring (bicyclic) bond motifs is 1. The number of benzene rings is 1. The van der Waals surface area contributed by atoms with Crippen molar-refractivity contribution in [2.45, 2.75) is 0 Å². The number of hydrogen-bond acceptors (Lipinski definition) is 3. The van der Waals surface area contributed by atoms with Gasteiger partial charge in [-0.15, -0.1) is 0 Å². The lowest BCUT2D eigenvalue weighted by atomic mass is 10.1. The molecule has 0 saturated heterocycles. The molecule has 0 aliphatic carbocycles. The number of nitrogens with two attached hydrogens (primary N) is 1. The van der Waals surface area contributed by atoms with Crippen molar-refractivity contribution in [2.75, 3.05) is 12.4 Å². The molecular weight excluding hydrogens is 225 g/mol. The van der Waals surface area contributed by atoms with Gasteiger partial charge >= 0.3 is 0 Å². The SMILES string of the molecule is CNc1cc(F)cc2cc(C(N)=O)c(=O)[nH]c12. The first kappa shape index (κ1) is 11.1. The zero-order chi connectivity index (χ0) is 12.6. The van der Waals surface area contributed by atoms with E-state index in [0.717, 1.165) is 0 Å². The number of primary amides is 1. The molecule has 6 heteroatoms. The molecule has 0 aliphatic heterocycles. The van der Waals surface area contributed by atoms with Gasteiger partial charge in [-0.1, -0.05) is 0 Å². The lowest BCUT2D eigenvalue weighted by molar-refractivity contribution is 0.0999. The second kappa shape index (κ2) is 3.89. The number of aromatic nitrogens is 1. The van der Waals surface area contributed by atoms with Gasteiger partial charge in [0, 0.05) is 12.4 Å². The van der Waals surface area contributed by atoms with Crippen LogP contribution in [-0.2, 0) is 0 Å². The van der Waals surface area contributed by atoms with E-state index in [4.69, 9.17) is 5.73 Å². The molecule has 0 bridgehead atoms. The Bertz CT molecular complexity index is 664. The molecule has 17 heavy (non-hydrogen) atoms. The van der Waals surface area contributed by atoms with Gasteiger partial charge in [-0.3, -0.25) is 9.59 Å². The van der Waals surface area contributed by atoms with Crippen LogP contribution in [0.1, 0.15) is 10.4 Å². The lowest BCUT2D eigenvalue weighted by Gasteiger charge is -2.07. The lowest BCUT2D eigenvalue weighted by Crippen LogP contribution is -2.23. The average molecular weight is 235 g/mol. The quantitative estimate of drug-likeness (QED) is 0.719. The normalized spacial score (nSPS) is 10.5. The molecule has 2 rings (SSSR count). The fourth-order valence-corrected chi connectivity index (χ4v) is 1.66. The molecular formula is C11H10FN3O2. The van der Waals surface area contributed by atoms with Crippen LogP contribution in [0.25, 0.3) is 10.9 Å². The predicted octanol–water partition coefficient (Wildman–Crippen LogP) is 0.808. The van der Waals surface area contributed by atoms with Crippen molar-refractivity contribution < 1.29 is 9.18 Å². The first-order valence-electron chi connectivity index (χ1n) is 4.87. The summed E-state index contributed by atoms with van der Waals surface area (Å²) >= 11 is 0. The summed E-state index contributed by atoms with van der Waals surface area (Å²) in [5, 5.41) is 3.17. The topological polar surface area (TPSA) is 88.0 Å². The molecule has 88 valence electrons. The maximum atomic E-state index is 13.3. The minimum Gasteiger partial charge on any atom is -0.386 e. The van der Waals surface area contributed by atoms with Crippen LogP contribution in [-0.4, -0.2) is 17.9 Å². The van der Waals surface area contributed by atoms with Gasteiger partial charge in [0.25, 0.3) is 11.5 Å². The Morgan fingerprint density at radius 3 is 2.71 bits per heavy atom.